The minimum atomic E-state index is -0.552. The highest BCUT2D eigenvalue weighted by atomic mass is 35.5. The first-order chi connectivity index (χ1) is 12.1. The van der Waals surface area contributed by atoms with Crippen LogP contribution in [0.15, 0.2) is 39.8 Å². The van der Waals surface area contributed by atoms with Crippen molar-refractivity contribution >= 4 is 30.7 Å². The van der Waals surface area contributed by atoms with Crippen molar-refractivity contribution in [2.75, 3.05) is 20.1 Å². The van der Waals surface area contributed by atoms with E-state index in [1.807, 2.05) is 18.2 Å². The van der Waals surface area contributed by atoms with E-state index >= 15 is 0 Å². The summed E-state index contributed by atoms with van der Waals surface area (Å²) in [6.45, 7) is 3.98. The number of nitrogens with zero attached hydrogens (tertiary/aromatic N) is 2. The highest BCUT2D eigenvalue weighted by Crippen LogP contribution is 2.24. The molecule has 148 valence electrons. The van der Waals surface area contributed by atoms with Crippen LogP contribution in [0, 0.1) is 6.92 Å². The van der Waals surface area contributed by atoms with Crippen molar-refractivity contribution in [2.24, 2.45) is 0 Å². The van der Waals surface area contributed by atoms with E-state index in [0.717, 1.165) is 31.5 Å². The molecule has 8 heteroatoms. The molecule has 1 unspecified atom stereocenters. The number of carbonyl (C=O) groups excluding carboxylic acids is 1. The number of pyridine rings is 1. The number of piperidine rings is 1. The Hall–Kier alpha value is -1.89. The average molecular weight is 414 g/mol. The quantitative estimate of drug-likeness (QED) is 0.833. The van der Waals surface area contributed by atoms with Crippen LogP contribution >= 0.6 is 24.8 Å². The zero-order chi connectivity index (χ0) is 17.8. The van der Waals surface area contributed by atoms with E-state index in [1.54, 1.807) is 26.4 Å². The number of rotatable bonds is 4. The molecular weight excluding hydrogens is 389 g/mol. The Bertz CT molecular complexity index is 806. The zero-order valence-electron chi connectivity index (χ0n) is 15.4. The molecule has 1 atom stereocenters. The van der Waals surface area contributed by atoms with Crippen LogP contribution in [0.25, 0.3) is 0 Å². The van der Waals surface area contributed by atoms with Gasteiger partial charge in [0.05, 0.1) is 0 Å². The first kappa shape index (κ1) is 23.1. The Labute approximate surface area is 171 Å². The third-order valence-corrected chi connectivity index (χ3v) is 4.57. The lowest BCUT2D eigenvalue weighted by Crippen LogP contribution is -2.32. The number of hydrogen-bond acceptors (Lipinski definition) is 5. The van der Waals surface area contributed by atoms with Gasteiger partial charge in [-0.3, -0.25) is 9.78 Å². The van der Waals surface area contributed by atoms with E-state index < -0.39 is 5.63 Å². The molecule has 0 saturated carbocycles. The summed E-state index contributed by atoms with van der Waals surface area (Å²) in [4.78, 5) is 30.7. The summed E-state index contributed by atoms with van der Waals surface area (Å²) in [5.74, 6) is 0.530. The largest absolute Gasteiger partial charge is 0.427 e. The van der Waals surface area contributed by atoms with Crippen LogP contribution in [-0.4, -0.2) is 35.9 Å². The van der Waals surface area contributed by atoms with Crippen molar-refractivity contribution in [2.45, 2.75) is 32.2 Å². The van der Waals surface area contributed by atoms with Gasteiger partial charge in [-0.2, -0.15) is 0 Å². The molecule has 27 heavy (non-hydrogen) atoms. The second-order valence-electron chi connectivity index (χ2n) is 6.56. The zero-order valence-corrected chi connectivity index (χ0v) is 17.1. The molecular formula is C19H25Cl2N3O3. The van der Waals surface area contributed by atoms with Crippen LogP contribution in [0.2, 0.25) is 0 Å². The molecule has 6 nitrogen and oxygen atoms in total. The summed E-state index contributed by atoms with van der Waals surface area (Å²) >= 11 is 0. The molecule has 1 aliphatic heterocycles. The molecule has 1 amide bonds. The van der Waals surface area contributed by atoms with Gasteiger partial charge in [0.2, 0.25) is 0 Å². The molecule has 1 fully saturated rings. The Balaban J connectivity index is 0.00000182. The van der Waals surface area contributed by atoms with Crippen LogP contribution in [0.5, 0.6) is 0 Å². The fraction of sp³-hybridized carbons (Fsp3) is 0.421. The van der Waals surface area contributed by atoms with Crippen LogP contribution in [0.1, 0.15) is 46.0 Å². The smallest absolute Gasteiger partial charge is 0.349 e. The fourth-order valence-corrected chi connectivity index (χ4v) is 3.21. The summed E-state index contributed by atoms with van der Waals surface area (Å²) in [6.07, 6.45) is 5.44. The second-order valence-corrected chi connectivity index (χ2v) is 6.56. The number of aromatic nitrogens is 1. The number of aryl methyl sites for hydroxylation is 1. The van der Waals surface area contributed by atoms with E-state index in [4.69, 9.17) is 4.42 Å². The van der Waals surface area contributed by atoms with E-state index in [0.29, 0.717) is 17.9 Å². The predicted molar refractivity (Wildman–Crippen MR) is 109 cm³/mol. The Kier molecular flexibility index (Phi) is 8.96. The van der Waals surface area contributed by atoms with E-state index in [2.05, 4.69) is 10.3 Å². The van der Waals surface area contributed by atoms with E-state index in [-0.39, 0.29) is 42.2 Å². The van der Waals surface area contributed by atoms with Crippen LogP contribution in [0.4, 0.5) is 0 Å². The van der Waals surface area contributed by atoms with Crippen molar-refractivity contribution < 1.29 is 9.21 Å². The fourth-order valence-electron chi connectivity index (χ4n) is 3.21. The Morgan fingerprint density at radius 3 is 2.78 bits per heavy atom. The van der Waals surface area contributed by atoms with Gasteiger partial charge in [-0.25, -0.2) is 4.79 Å². The van der Waals surface area contributed by atoms with Crippen LogP contribution in [0.3, 0.4) is 0 Å². The van der Waals surface area contributed by atoms with Gasteiger partial charge in [-0.1, -0.05) is 6.07 Å². The van der Waals surface area contributed by atoms with Crippen LogP contribution < -0.4 is 10.9 Å². The summed E-state index contributed by atoms with van der Waals surface area (Å²) in [5.41, 5.74) is 1.13. The van der Waals surface area contributed by atoms with Gasteiger partial charge in [0, 0.05) is 38.4 Å². The SMILES string of the molecule is Cc1cc(C2CCCNC2)oc(=O)c1C(=O)N(C)Cc1cccnc1.Cl.Cl. The first-order valence-corrected chi connectivity index (χ1v) is 8.56. The molecule has 3 rings (SSSR count). The normalized spacial score (nSPS) is 16.0. The number of carbonyl (C=O) groups is 1. The third-order valence-electron chi connectivity index (χ3n) is 4.57. The molecule has 2 aromatic heterocycles. The molecule has 2 aromatic rings. The van der Waals surface area contributed by atoms with E-state index in [1.165, 1.54) is 4.90 Å². The molecule has 1 saturated heterocycles. The number of amides is 1. The monoisotopic (exact) mass is 413 g/mol. The minimum Gasteiger partial charge on any atom is -0.427 e. The summed E-state index contributed by atoms with van der Waals surface area (Å²) in [7, 11) is 1.67. The van der Waals surface area contributed by atoms with Gasteiger partial charge >= 0.3 is 5.63 Å². The van der Waals surface area contributed by atoms with Gasteiger partial charge in [0.1, 0.15) is 11.3 Å². The number of hydrogen-bond donors (Lipinski definition) is 1. The lowest BCUT2D eigenvalue weighted by atomic mass is 9.95. The Morgan fingerprint density at radius 2 is 2.19 bits per heavy atom. The van der Waals surface area contributed by atoms with Gasteiger partial charge in [-0.05, 0) is 49.6 Å². The summed E-state index contributed by atoms with van der Waals surface area (Å²) in [5, 5.41) is 3.31. The molecule has 0 aromatic carbocycles. The predicted octanol–water partition coefficient (Wildman–Crippen LogP) is 2.93. The molecule has 1 N–H and O–H groups in total. The van der Waals surface area contributed by atoms with Gasteiger partial charge < -0.3 is 14.6 Å². The van der Waals surface area contributed by atoms with Crippen molar-refractivity contribution in [3.63, 3.8) is 0 Å². The minimum absolute atomic E-state index is 0. The van der Waals surface area contributed by atoms with Gasteiger partial charge in [0.25, 0.3) is 5.91 Å². The molecule has 0 spiro atoms. The topological polar surface area (TPSA) is 75.4 Å². The maximum absolute atomic E-state index is 12.7. The molecule has 0 radical (unpaired) electrons. The number of nitrogens with one attached hydrogen (secondary N) is 1. The Morgan fingerprint density at radius 1 is 1.41 bits per heavy atom. The highest BCUT2D eigenvalue weighted by Gasteiger charge is 2.24. The molecule has 1 aliphatic rings. The summed E-state index contributed by atoms with van der Waals surface area (Å²) < 4.78 is 5.49. The highest BCUT2D eigenvalue weighted by molar-refractivity contribution is 5.94. The number of halogens is 2. The lowest BCUT2D eigenvalue weighted by molar-refractivity contribution is 0.0779. The van der Waals surface area contributed by atoms with Crippen molar-refractivity contribution in [3.8, 4) is 0 Å². The van der Waals surface area contributed by atoms with Crippen LogP contribution in [-0.2, 0) is 6.54 Å². The van der Waals surface area contributed by atoms with Crippen molar-refractivity contribution in [3.05, 3.63) is 63.5 Å². The average Bonchev–Trinajstić information content (AvgIpc) is 2.62. The van der Waals surface area contributed by atoms with Gasteiger partial charge in [0.15, 0.2) is 0 Å². The van der Waals surface area contributed by atoms with E-state index in [9.17, 15) is 9.59 Å². The second kappa shape index (κ2) is 10.4. The molecule has 0 bridgehead atoms. The lowest BCUT2D eigenvalue weighted by Gasteiger charge is -2.22. The maximum atomic E-state index is 12.7. The van der Waals surface area contributed by atoms with Crippen molar-refractivity contribution in [1.29, 1.82) is 0 Å². The van der Waals surface area contributed by atoms with Gasteiger partial charge in [-0.15, -0.1) is 24.8 Å². The van der Waals surface area contributed by atoms with Crippen molar-refractivity contribution in [1.82, 2.24) is 15.2 Å². The molecule has 0 aliphatic carbocycles. The standard InChI is InChI=1S/C19H23N3O3.2ClH/c1-13-9-16(15-6-4-8-21-11-15)25-19(24)17(13)18(23)22(2)12-14-5-3-7-20-10-14;;/h3,5,7,9-10,15,21H,4,6,8,11-12H2,1-2H3;2*1H. The first-order valence-electron chi connectivity index (χ1n) is 8.56. The third kappa shape index (κ3) is 5.54. The summed E-state index contributed by atoms with van der Waals surface area (Å²) in [6, 6.07) is 5.55. The maximum Gasteiger partial charge on any atom is 0.349 e. The molecule has 3 heterocycles.